The van der Waals surface area contributed by atoms with Crippen LogP contribution in [-0.2, 0) is 14.5 Å². The van der Waals surface area contributed by atoms with Gasteiger partial charge in [-0.1, -0.05) is 0 Å². The van der Waals surface area contributed by atoms with Gasteiger partial charge in [-0.05, 0) is 0 Å². The topological polar surface area (TPSA) is 26.3 Å². The maximum atomic E-state index is 9.48. The van der Waals surface area contributed by atoms with Gasteiger partial charge in [-0.25, -0.2) is 0 Å². The Balaban J connectivity index is 3.39. The molecule has 0 aliphatic rings. The van der Waals surface area contributed by atoms with Crippen molar-refractivity contribution in [3.05, 3.63) is 0 Å². The van der Waals surface area contributed by atoms with E-state index >= 15 is 0 Å². The van der Waals surface area contributed by atoms with E-state index in [9.17, 15) is 4.21 Å². The summed E-state index contributed by atoms with van der Waals surface area (Å²) in [5.74, 6) is 0. The normalized spacial score (nSPS) is 7.80. The molecule has 0 spiro atoms. The molecule has 0 rings (SSSR count). The minimum absolute atomic E-state index is 1.27. The van der Waals surface area contributed by atoms with Crippen LogP contribution in [-0.4, -0.2) is 17.8 Å². The van der Waals surface area contributed by atoms with Crippen LogP contribution in [0.3, 0.4) is 0 Å². The van der Waals surface area contributed by atoms with Crippen molar-refractivity contribution in [3.8, 4) is 0 Å². The fraction of sp³-hybridized carbons (Fsp3) is 1.00. The van der Waals surface area contributed by atoms with Crippen molar-refractivity contribution < 1.29 is 8.39 Å². The van der Waals surface area contributed by atoms with Crippen LogP contribution in [0.1, 0.15) is 0 Å². The molecule has 0 aromatic heterocycles. The van der Waals surface area contributed by atoms with E-state index in [0.717, 1.165) is 0 Å². The number of rotatable bonds is 0. The molecule has 5 heavy (non-hydrogen) atoms. The number of hydrogen-bond acceptors (Lipinski definition) is 2. The van der Waals surface area contributed by atoms with Crippen LogP contribution in [0.15, 0.2) is 0 Å². The molecule has 0 aromatic rings. The molecule has 0 heterocycles. The third-order valence-corrected chi connectivity index (χ3v) is 0.493. The molecule has 0 unspecified atom stereocenters. The van der Waals surface area contributed by atoms with Gasteiger partial charge in [-0.15, -0.1) is 0 Å². The third-order valence-electron chi connectivity index (χ3n) is 0.164. The molecule has 0 atom stereocenters. The molecule has 4 heteroatoms. The number of hydrogen-bond donors (Lipinski definition) is 0. The second-order valence-electron chi connectivity index (χ2n) is 0.427. The zero-order chi connectivity index (χ0) is 4.28. The fourth-order valence-electron chi connectivity index (χ4n) is 0. The average molecular weight is 89.9 g/mol. The summed E-state index contributed by atoms with van der Waals surface area (Å²) >= 11 is 0. The van der Waals surface area contributed by atoms with E-state index < -0.39 is 10.3 Å². The Kier molecular flexibility index (Phi) is 2.31. The van der Waals surface area contributed by atoms with Gasteiger partial charge in [-0.2, -0.15) is 0 Å². The first-order valence-corrected chi connectivity index (χ1v) is 2.12. The zero-order valence-corrected chi connectivity index (χ0v) is 3.62. The van der Waals surface area contributed by atoms with Gasteiger partial charge in [0.05, 0.1) is 0 Å². The minimum atomic E-state index is -1.57. The Morgan fingerprint density at radius 2 is 2.20 bits per heavy atom. The predicted octanol–water partition coefficient (Wildman–Crippen LogP) is -0.620. The molecule has 0 N–H and O–H groups in total. The summed E-state index contributed by atoms with van der Waals surface area (Å²) < 4.78 is 13.5. The van der Waals surface area contributed by atoms with Gasteiger partial charge in [0.1, 0.15) is 0 Å². The Morgan fingerprint density at radius 3 is 2.20 bits per heavy atom. The Hall–Kier alpha value is 0.0449. The molecule has 0 radical (unpaired) electrons. The molecule has 0 aliphatic heterocycles. The van der Waals surface area contributed by atoms with Crippen LogP contribution in [0.5, 0.6) is 0 Å². The van der Waals surface area contributed by atoms with Gasteiger partial charge in [0.25, 0.3) is 0 Å². The summed E-state index contributed by atoms with van der Waals surface area (Å²) in [6, 6.07) is 0. The van der Waals surface area contributed by atoms with Crippen LogP contribution in [0, 0.1) is 0 Å². The van der Waals surface area contributed by atoms with E-state index in [1.54, 1.807) is 0 Å². The Morgan fingerprint density at radius 1 is 2.00 bits per heavy atom. The van der Waals surface area contributed by atoms with Crippen LogP contribution >= 0.6 is 0 Å². The summed E-state index contributed by atoms with van der Waals surface area (Å²) in [5, 5.41) is 0. The molecule has 0 aliphatic carbocycles. The first kappa shape index (κ1) is 5.04. The summed E-state index contributed by atoms with van der Waals surface area (Å²) in [7, 11) is -0.299. The van der Waals surface area contributed by atoms with Crippen molar-refractivity contribution in [2.45, 2.75) is 0 Å². The van der Waals surface area contributed by atoms with Crippen molar-refractivity contribution in [1.29, 1.82) is 0 Å². The Labute approximate surface area is 33.3 Å². The van der Waals surface area contributed by atoms with Crippen molar-refractivity contribution in [2.24, 2.45) is 0 Å². The average Bonchev–Trinajstić information content (AvgIpc) is 1.38. The molecule has 28 valence electrons. The molecule has 0 bridgehead atoms. The SMILES string of the molecule is B#S(=O)OC. The molecular weight excluding hydrogens is 86.9 g/mol. The van der Waals surface area contributed by atoms with Crippen molar-refractivity contribution >= 4 is 16.8 Å². The quantitative estimate of drug-likeness (QED) is 0.370. The molecule has 0 saturated heterocycles. The fourth-order valence-corrected chi connectivity index (χ4v) is 0. The van der Waals surface area contributed by atoms with E-state index in [1.807, 2.05) is 0 Å². The standard InChI is InChI=1S/CH3BO2S/c1-4-5(2)3/h1H3. The first-order chi connectivity index (χ1) is 2.27. The van der Waals surface area contributed by atoms with Crippen molar-refractivity contribution in [2.75, 3.05) is 7.11 Å². The third kappa shape index (κ3) is 4.04. The molecule has 2 nitrogen and oxygen atoms in total. The predicted molar refractivity (Wildman–Crippen MR) is 20.9 cm³/mol. The molecule has 0 fully saturated rings. The molecule has 0 amide bonds. The van der Waals surface area contributed by atoms with Crippen molar-refractivity contribution in [1.82, 2.24) is 0 Å². The molecule has 0 aromatic carbocycles. The van der Waals surface area contributed by atoms with Crippen LogP contribution in [0.25, 0.3) is 0 Å². The zero-order valence-electron chi connectivity index (χ0n) is 2.80. The van der Waals surface area contributed by atoms with Crippen molar-refractivity contribution in [3.63, 3.8) is 0 Å². The van der Waals surface area contributed by atoms with Crippen LogP contribution in [0.2, 0.25) is 0 Å². The van der Waals surface area contributed by atoms with Gasteiger partial charge in [0.2, 0.25) is 0 Å². The summed E-state index contributed by atoms with van der Waals surface area (Å²) in [6.07, 6.45) is 0. The first-order valence-electron chi connectivity index (χ1n) is 0.977. The summed E-state index contributed by atoms with van der Waals surface area (Å²) in [5.41, 5.74) is 0. The molecular formula is CH3BO2S. The Bertz CT molecular complexity index is 111. The molecule has 0 saturated carbocycles. The van der Waals surface area contributed by atoms with Gasteiger partial charge in [-0.3, -0.25) is 0 Å². The van der Waals surface area contributed by atoms with Gasteiger partial charge in [0.15, 0.2) is 0 Å². The van der Waals surface area contributed by atoms with Crippen LogP contribution < -0.4 is 0 Å². The van der Waals surface area contributed by atoms with Crippen LogP contribution in [0.4, 0.5) is 0 Å². The maximum absolute atomic E-state index is 9.48. The van der Waals surface area contributed by atoms with E-state index in [1.165, 1.54) is 7.11 Å². The van der Waals surface area contributed by atoms with Gasteiger partial charge in [0, 0.05) is 0 Å². The van der Waals surface area contributed by atoms with E-state index in [2.05, 4.69) is 10.7 Å². The van der Waals surface area contributed by atoms with E-state index in [4.69, 9.17) is 0 Å². The summed E-state index contributed by atoms with van der Waals surface area (Å²) in [4.78, 5) is 0. The second kappa shape index (κ2) is 2.29. The monoisotopic (exact) mass is 90.0 g/mol. The second-order valence-corrected chi connectivity index (χ2v) is 1.28. The van der Waals surface area contributed by atoms with Gasteiger partial charge >= 0.3 is 32.3 Å². The summed E-state index contributed by atoms with van der Waals surface area (Å²) in [6.45, 7) is 4.54. The van der Waals surface area contributed by atoms with Gasteiger partial charge < -0.3 is 0 Å². The van der Waals surface area contributed by atoms with E-state index in [0.29, 0.717) is 0 Å². The van der Waals surface area contributed by atoms with E-state index in [-0.39, 0.29) is 0 Å².